The second-order valence-electron chi connectivity index (χ2n) is 8.14. The summed E-state index contributed by atoms with van der Waals surface area (Å²) in [5.41, 5.74) is 1.15. The van der Waals surface area contributed by atoms with E-state index >= 15 is 0 Å². The normalized spacial score (nSPS) is 26.8. The molecule has 2 aromatic rings. The van der Waals surface area contributed by atoms with Crippen molar-refractivity contribution in [2.75, 3.05) is 23.9 Å². The van der Waals surface area contributed by atoms with E-state index in [1.54, 1.807) is 55.6 Å². The zero-order valence-corrected chi connectivity index (χ0v) is 17.2. The molecule has 0 radical (unpaired) electrons. The maximum atomic E-state index is 14.2. The van der Waals surface area contributed by atoms with Crippen LogP contribution in [0.25, 0.3) is 0 Å². The van der Waals surface area contributed by atoms with Crippen molar-refractivity contribution in [1.82, 2.24) is 0 Å². The number of rotatable bonds is 0. The first-order valence-corrected chi connectivity index (χ1v) is 9.81. The summed E-state index contributed by atoms with van der Waals surface area (Å²) >= 11 is 0. The zero-order valence-electron chi connectivity index (χ0n) is 17.2. The first-order chi connectivity index (χ1) is 15.3. The molecule has 0 fully saturated rings. The Bertz CT molecular complexity index is 1410. The van der Waals surface area contributed by atoms with Crippen molar-refractivity contribution in [2.45, 2.75) is 10.8 Å². The second kappa shape index (κ2) is 5.75. The maximum Gasteiger partial charge on any atom is 0.244 e. The number of carbonyl (C=O) groups is 2. The third-order valence-electron chi connectivity index (χ3n) is 7.21. The average Bonchev–Trinajstić information content (AvgIpc) is 3.28. The van der Waals surface area contributed by atoms with E-state index in [0.29, 0.717) is 22.5 Å². The van der Waals surface area contributed by atoms with Crippen molar-refractivity contribution in [3.63, 3.8) is 0 Å². The van der Waals surface area contributed by atoms with Gasteiger partial charge >= 0.3 is 0 Å². The molecule has 8 heteroatoms. The Morgan fingerprint density at radius 2 is 1.31 bits per heavy atom. The Morgan fingerprint density at radius 3 is 1.88 bits per heavy atom. The quantitative estimate of drug-likeness (QED) is 0.687. The zero-order chi connectivity index (χ0) is 23.1. The predicted molar refractivity (Wildman–Crippen MR) is 114 cm³/mol. The Balaban J connectivity index is 2.12. The van der Waals surface area contributed by atoms with Crippen LogP contribution in [-0.2, 0) is 20.4 Å². The van der Waals surface area contributed by atoms with Crippen LogP contribution < -0.4 is 15.5 Å². The molecule has 2 N–H and O–H groups in total. The van der Waals surface area contributed by atoms with Crippen LogP contribution >= 0.6 is 0 Å². The molecule has 2 amide bonds. The maximum absolute atomic E-state index is 14.2. The lowest BCUT2D eigenvalue weighted by Gasteiger charge is -2.43. The van der Waals surface area contributed by atoms with Crippen molar-refractivity contribution in [2.24, 2.45) is 11.1 Å². The van der Waals surface area contributed by atoms with Crippen LogP contribution in [0.1, 0.15) is 11.1 Å². The van der Waals surface area contributed by atoms with Gasteiger partial charge in [-0.25, -0.2) is 0 Å². The Kier molecular flexibility index (Phi) is 3.48. The van der Waals surface area contributed by atoms with Gasteiger partial charge in [-0.15, -0.1) is 0 Å². The van der Waals surface area contributed by atoms with Gasteiger partial charge in [0.25, 0.3) is 0 Å². The number of hydrogen-bond donors (Lipinski definition) is 1. The molecule has 154 valence electrons. The molecule has 2 spiro atoms. The smallest absolute Gasteiger partial charge is 0.244 e. The number of carbonyl (C=O) groups excluding carboxylic acids is 2. The summed E-state index contributed by atoms with van der Waals surface area (Å²) in [6.07, 6.45) is 0. The van der Waals surface area contributed by atoms with Crippen molar-refractivity contribution < 1.29 is 9.59 Å². The molecule has 2 aliphatic heterocycles. The van der Waals surface area contributed by atoms with Crippen LogP contribution in [0.3, 0.4) is 0 Å². The fraction of sp³-hybridized carbons (Fsp3) is 0.208. The van der Waals surface area contributed by atoms with Gasteiger partial charge in [0, 0.05) is 25.5 Å². The lowest BCUT2D eigenvalue weighted by Crippen LogP contribution is -2.63. The topological polar surface area (TPSA) is 138 Å². The van der Waals surface area contributed by atoms with Crippen molar-refractivity contribution in [3.8, 4) is 18.2 Å². The fourth-order valence-corrected chi connectivity index (χ4v) is 5.97. The molecular formula is C24H16N6O2. The van der Waals surface area contributed by atoms with E-state index < -0.39 is 28.1 Å². The lowest BCUT2D eigenvalue weighted by molar-refractivity contribution is -0.134. The van der Waals surface area contributed by atoms with Crippen molar-refractivity contribution in [1.29, 1.82) is 15.8 Å². The van der Waals surface area contributed by atoms with Gasteiger partial charge in [-0.2, -0.15) is 15.8 Å². The van der Waals surface area contributed by atoms with E-state index in [0.717, 1.165) is 0 Å². The Labute approximate surface area is 184 Å². The number of fused-ring (bicyclic) bond motifs is 5. The molecule has 2 aromatic carbocycles. The highest BCUT2D eigenvalue weighted by atomic mass is 16.2. The minimum atomic E-state index is -2.27. The standard InChI is InChI=1S/C24H16N6O2/c1-29-17-9-5-3-7-14(17)23(20(29)31)16(11-25)19(28)22(12-26,13-27)24(23)15-8-4-6-10-18(15)30(2)21(24)32/h3-10H,28H2,1-2H3/t23-,24+/m1/s1. The molecule has 0 saturated heterocycles. The number of nitriles is 3. The summed E-state index contributed by atoms with van der Waals surface area (Å²) in [5, 5.41) is 31.1. The summed E-state index contributed by atoms with van der Waals surface area (Å²) in [5.74, 6) is -1.21. The average molecular weight is 420 g/mol. The molecule has 3 aliphatic rings. The molecule has 2 atom stereocenters. The number of benzene rings is 2. The number of hydrogen-bond acceptors (Lipinski definition) is 6. The molecule has 5 rings (SSSR count). The van der Waals surface area contributed by atoms with Crippen LogP contribution in [0.15, 0.2) is 59.8 Å². The largest absolute Gasteiger partial charge is 0.399 e. The number of nitrogens with zero attached hydrogens (tertiary/aromatic N) is 5. The van der Waals surface area contributed by atoms with Gasteiger partial charge in [0.05, 0.1) is 29.5 Å². The molecular weight excluding hydrogens is 404 g/mol. The van der Waals surface area contributed by atoms with Gasteiger partial charge in [0.15, 0.2) is 0 Å². The SMILES string of the molecule is CN1C(=O)[C@]2(C(C#N)=C(N)C(C#N)(C#N)[C@]23C(=O)N(C)c2ccccc23)c2ccccc21. The van der Waals surface area contributed by atoms with Crippen LogP contribution in [0.2, 0.25) is 0 Å². The van der Waals surface area contributed by atoms with E-state index in [2.05, 4.69) is 0 Å². The summed E-state index contributed by atoms with van der Waals surface area (Å²) < 4.78 is 0. The second-order valence-corrected chi connectivity index (χ2v) is 8.14. The van der Waals surface area contributed by atoms with Gasteiger partial charge in [-0.05, 0) is 23.3 Å². The molecule has 2 heterocycles. The minimum absolute atomic E-state index is 0.235. The molecule has 0 bridgehead atoms. The van der Waals surface area contributed by atoms with Gasteiger partial charge in [-0.3, -0.25) is 9.59 Å². The van der Waals surface area contributed by atoms with Crippen LogP contribution in [-0.4, -0.2) is 25.9 Å². The summed E-state index contributed by atoms with van der Waals surface area (Å²) in [6.45, 7) is 0. The molecule has 1 aliphatic carbocycles. The summed E-state index contributed by atoms with van der Waals surface area (Å²) in [4.78, 5) is 31.0. The van der Waals surface area contributed by atoms with E-state index in [1.807, 2.05) is 18.2 Å². The first-order valence-electron chi connectivity index (χ1n) is 9.81. The molecule has 32 heavy (non-hydrogen) atoms. The highest BCUT2D eigenvalue weighted by molar-refractivity contribution is 6.23. The van der Waals surface area contributed by atoms with Crippen molar-refractivity contribution in [3.05, 3.63) is 70.9 Å². The van der Waals surface area contributed by atoms with Crippen LogP contribution in [0.5, 0.6) is 0 Å². The number of likely N-dealkylation sites (N-methyl/N-ethyl adjacent to an activating group) is 2. The highest BCUT2D eigenvalue weighted by Crippen LogP contribution is 2.71. The van der Waals surface area contributed by atoms with Crippen LogP contribution in [0, 0.1) is 39.4 Å². The first kappa shape index (κ1) is 19.4. The Hall–Kier alpha value is -4.61. The van der Waals surface area contributed by atoms with Gasteiger partial charge in [0.1, 0.15) is 10.8 Å². The molecule has 0 aromatic heterocycles. The predicted octanol–water partition coefficient (Wildman–Crippen LogP) is 1.60. The summed E-state index contributed by atoms with van der Waals surface area (Å²) in [7, 11) is 3.07. The van der Waals surface area contributed by atoms with Crippen LogP contribution in [0.4, 0.5) is 11.4 Å². The monoisotopic (exact) mass is 420 g/mol. The third kappa shape index (κ3) is 1.53. The van der Waals surface area contributed by atoms with E-state index in [-0.39, 0.29) is 11.3 Å². The summed E-state index contributed by atoms with van der Waals surface area (Å²) in [6, 6.07) is 19.5. The molecule has 8 nitrogen and oxygen atoms in total. The number of anilines is 2. The third-order valence-corrected chi connectivity index (χ3v) is 7.21. The Morgan fingerprint density at radius 1 is 0.812 bits per heavy atom. The number of para-hydroxylation sites is 2. The number of allylic oxidation sites excluding steroid dienone is 1. The van der Waals surface area contributed by atoms with E-state index in [4.69, 9.17) is 5.73 Å². The fourth-order valence-electron chi connectivity index (χ4n) is 5.97. The molecule has 0 saturated carbocycles. The van der Waals surface area contributed by atoms with Gasteiger partial charge < -0.3 is 15.5 Å². The molecule has 0 unspecified atom stereocenters. The minimum Gasteiger partial charge on any atom is -0.399 e. The lowest BCUT2D eigenvalue weighted by atomic mass is 9.50. The van der Waals surface area contributed by atoms with E-state index in [9.17, 15) is 25.4 Å². The van der Waals surface area contributed by atoms with Gasteiger partial charge in [-0.1, -0.05) is 36.4 Å². The van der Waals surface area contributed by atoms with Gasteiger partial charge in [0.2, 0.25) is 17.2 Å². The van der Waals surface area contributed by atoms with E-state index in [1.165, 1.54) is 16.8 Å². The number of nitrogens with two attached hydrogens (primary N) is 1. The highest BCUT2D eigenvalue weighted by Gasteiger charge is 2.84. The van der Waals surface area contributed by atoms with Crippen molar-refractivity contribution >= 4 is 23.2 Å². The number of amides is 2.